The van der Waals surface area contributed by atoms with E-state index in [1.165, 1.54) is 6.07 Å². The number of aliphatic hydroxyl groups is 1. The van der Waals surface area contributed by atoms with E-state index in [4.69, 9.17) is 0 Å². The Morgan fingerprint density at radius 2 is 2.24 bits per heavy atom. The number of para-hydroxylation sites is 1. The molecule has 0 aromatic heterocycles. The molecule has 1 heterocycles. The fourth-order valence-corrected chi connectivity index (χ4v) is 2.86. The van der Waals surface area contributed by atoms with Gasteiger partial charge in [-0.05, 0) is 38.4 Å². The third-order valence-electron chi connectivity index (χ3n) is 4.00. The molecule has 1 saturated heterocycles. The van der Waals surface area contributed by atoms with Crippen LogP contribution in [0.3, 0.4) is 0 Å². The lowest BCUT2D eigenvalue weighted by Crippen LogP contribution is -2.46. The second-order valence-corrected chi connectivity index (χ2v) is 5.62. The predicted molar refractivity (Wildman–Crippen MR) is 80.5 cm³/mol. The highest BCUT2D eigenvalue weighted by Crippen LogP contribution is 2.20. The van der Waals surface area contributed by atoms with Crippen LogP contribution in [0.5, 0.6) is 0 Å². The zero-order valence-corrected chi connectivity index (χ0v) is 12.4. The maximum Gasteiger partial charge on any atom is 0.225 e. The average molecular weight is 294 g/mol. The number of hydrogen-bond donors (Lipinski definition) is 2. The monoisotopic (exact) mass is 294 g/mol. The number of amides is 1. The molecule has 21 heavy (non-hydrogen) atoms. The first kappa shape index (κ1) is 15.9. The van der Waals surface area contributed by atoms with Crippen molar-refractivity contribution < 1.29 is 14.3 Å². The summed E-state index contributed by atoms with van der Waals surface area (Å²) in [6, 6.07) is 6.27. The topological polar surface area (TPSA) is 52.6 Å². The van der Waals surface area contributed by atoms with Crippen LogP contribution in [0.2, 0.25) is 0 Å². The van der Waals surface area contributed by atoms with Gasteiger partial charge in [0.2, 0.25) is 5.91 Å². The van der Waals surface area contributed by atoms with Gasteiger partial charge < -0.3 is 10.4 Å². The van der Waals surface area contributed by atoms with Crippen molar-refractivity contribution in [3.05, 3.63) is 30.1 Å². The molecule has 1 aliphatic rings. The van der Waals surface area contributed by atoms with E-state index < -0.39 is 5.82 Å². The molecule has 0 radical (unpaired) electrons. The van der Waals surface area contributed by atoms with Gasteiger partial charge in [-0.3, -0.25) is 9.69 Å². The van der Waals surface area contributed by atoms with Gasteiger partial charge in [-0.2, -0.15) is 0 Å². The SMILES string of the molecule is CC(O)C1CCCCN1CCC(=O)Nc1ccccc1F. The van der Waals surface area contributed by atoms with Gasteiger partial charge in [0.25, 0.3) is 0 Å². The second-order valence-electron chi connectivity index (χ2n) is 5.62. The quantitative estimate of drug-likeness (QED) is 0.876. The van der Waals surface area contributed by atoms with E-state index in [0.717, 1.165) is 25.8 Å². The van der Waals surface area contributed by atoms with E-state index in [0.29, 0.717) is 13.0 Å². The molecule has 2 unspecified atom stereocenters. The summed E-state index contributed by atoms with van der Waals surface area (Å²) in [5.41, 5.74) is 0.216. The minimum absolute atomic E-state index is 0.125. The van der Waals surface area contributed by atoms with Gasteiger partial charge in [0.1, 0.15) is 5.82 Å². The third-order valence-corrected chi connectivity index (χ3v) is 4.00. The Morgan fingerprint density at radius 1 is 1.48 bits per heavy atom. The standard InChI is InChI=1S/C16H23FN2O2/c1-12(20)15-8-4-5-10-19(15)11-9-16(21)18-14-7-3-2-6-13(14)17/h2-3,6-7,12,15,20H,4-5,8-11H2,1H3,(H,18,21). The zero-order valence-electron chi connectivity index (χ0n) is 12.4. The Kier molecular flexibility index (Phi) is 5.70. The van der Waals surface area contributed by atoms with Crippen molar-refractivity contribution in [3.8, 4) is 0 Å². The van der Waals surface area contributed by atoms with Crippen molar-refractivity contribution >= 4 is 11.6 Å². The molecule has 0 spiro atoms. The lowest BCUT2D eigenvalue weighted by atomic mass is 9.98. The lowest BCUT2D eigenvalue weighted by molar-refractivity contribution is -0.116. The molecule has 2 atom stereocenters. The highest BCUT2D eigenvalue weighted by molar-refractivity contribution is 5.90. The molecule has 0 saturated carbocycles. The van der Waals surface area contributed by atoms with Gasteiger partial charge in [-0.15, -0.1) is 0 Å². The molecule has 116 valence electrons. The molecule has 0 aliphatic carbocycles. The third kappa shape index (κ3) is 4.51. The van der Waals surface area contributed by atoms with Crippen molar-refractivity contribution in [1.82, 2.24) is 4.90 Å². The number of rotatable bonds is 5. The van der Waals surface area contributed by atoms with Crippen LogP contribution in [-0.2, 0) is 4.79 Å². The van der Waals surface area contributed by atoms with Crippen LogP contribution < -0.4 is 5.32 Å². The van der Waals surface area contributed by atoms with Gasteiger partial charge in [-0.25, -0.2) is 4.39 Å². The summed E-state index contributed by atoms with van der Waals surface area (Å²) in [7, 11) is 0. The largest absolute Gasteiger partial charge is 0.392 e. The van der Waals surface area contributed by atoms with Crippen molar-refractivity contribution in [1.29, 1.82) is 0 Å². The van der Waals surface area contributed by atoms with Crippen molar-refractivity contribution in [2.75, 3.05) is 18.4 Å². The molecule has 1 aliphatic heterocycles. The number of halogens is 1. The normalized spacial score (nSPS) is 21.0. The van der Waals surface area contributed by atoms with Crippen LogP contribution in [0.4, 0.5) is 10.1 Å². The number of hydrogen-bond acceptors (Lipinski definition) is 3. The van der Waals surface area contributed by atoms with Crippen LogP contribution >= 0.6 is 0 Å². The van der Waals surface area contributed by atoms with E-state index in [2.05, 4.69) is 10.2 Å². The first-order chi connectivity index (χ1) is 10.1. The van der Waals surface area contributed by atoms with Crippen LogP contribution in [-0.4, -0.2) is 41.1 Å². The fourth-order valence-electron chi connectivity index (χ4n) is 2.86. The minimum atomic E-state index is -0.425. The smallest absolute Gasteiger partial charge is 0.225 e. The molecular weight excluding hydrogens is 271 g/mol. The molecule has 1 fully saturated rings. The summed E-state index contributed by atoms with van der Waals surface area (Å²) in [6.45, 7) is 3.29. The summed E-state index contributed by atoms with van der Waals surface area (Å²) in [4.78, 5) is 14.1. The van der Waals surface area contributed by atoms with E-state index >= 15 is 0 Å². The van der Waals surface area contributed by atoms with Crippen molar-refractivity contribution in [3.63, 3.8) is 0 Å². The zero-order chi connectivity index (χ0) is 15.2. The number of nitrogens with zero attached hydrogens (tertiary/aromatic N) is 1. The van der Waals surface area contributed by atoms with Gasteiger partial charge in [0.15, 0.2) is 0 Å². The summed E-state index contributed by atoms with van der Waals surface area (Å²) in [5, 5.41) is 12.4. The van der Waals surface area contributed by atoms with Crippen LogP contribution in [0, 0.1) is 5.82 Å². The number of nitrogens with one attached hydrogen (secondary N) is 1. The first-order valence-corrected chi connectivity index (χ1v) is 7.54. The molecular formula is C16H23FN2O2. The molecule has 2 rings (SSSR count). The summed E-state index contributed by atoms with van der Waals surface area (Å²) in [5.74, 6) is -0.624. The maximum atomic E-state index is 13.5. The Balaban J connectivity index is 1.84. The van der Waals surface area contributed by atoms with E-state index in [9.17, 15) is 14.3 Å². The molecule has 1 aromatic carbocycles. The highest BCUT2D eigenvalue weighted by atomic mass is 19.1. The van der Waals surface area contributed by atoms with E-state index in [1.807, 2.05) is 0 Å². The van der Waals surface area contributed by atoms with Gasteiger partial charge in [0.05, 0.1) is 11.8 Å². The molecule has 2 N–H and O–H groups in total. The number of carbonyl (C=O) groups excluding carboxylic acids is 1. The molecule has 1 amide bonds. The Bertz CT molecular complexity index is 479. The summed E-state index contributed by atoms with van der Waals surface area (Å²) in [6.07, 6.45) is 3.09. The number of aliphatic hydroxyl groups excluding tert-OH is 1. The number of anilines is 1. The van der Waals surface area contributed by atoms with Crippen LogP contribution in [0.1, 0.15) is 32.6 Å². The maximum absolute atomic E-state index is 13.5. The summed E-state index contributed by atoms with van der Waals surface area (Å²) < 4.78 is 13.5. The number of benzene rings is 1. The fraction of sp³-hybridized carbons (Fsp3) is 0.562. The van der Waals surface area contributed by atoms with E-state index in [-0.39, 0.29) is 23.7 Å². The van der Waals surface area contributed by atoms with Gasteiger partial charge >= 0.3 is 0 Å². The number of piperidine rings is 1. The van der Waals surface area contributed by atoms with Crippen molar-refractivity contribution in [2.24, 2.45) is 0 Å². The minimum Gasteiger partial charge on any atom is -0.392 e. The first-order valence-electron chi connectivity index (χ1n) is 7.54. The number of likely N-dealkylation sites (tertiary alicyclic amines) is 1. The van der Waals surface area contributed by atoms with Crippen LogP contribution in [0.15, 0.2) is 24.3 Å². The molecule has 4 nitrogen and oxygen atoms in total. The molecule has 0 bridgehead atoms. The molecule has 5 heteroatoms. The predicted octanol–water partition coefficient (Wildman–Crippen LogP) is 2.39. The van der Waals surface area contributed by atoms with Gasteiger partial charge in [-0.1, -0.05) is 18.6 Å². The highest BCUT2D eigenvalue weighted by Gasteiger charge is 2.26. The Labute approximate surface area is 125 Å². The Morgan fingerprint density at radius 3 is 2.95 bits per heavy atom. The second kappa shape index (κ2) is 7.52. The van der Waals surface area contributed by atoms with Crippen LogP contribution in [0.25, 0.3) is 0 Å². The Hall–Kier alpha value is -1.46. The van der Waals surface area contributed by atoms with E-state index in [1.54, 1.807) is 25.1 Å². The lowest BCUT2D eigenvalue weighted by Gasteiger charge is -2.37. The molecule has 1 aromatic rings. The summed E-state index contributed by atoms with van der Waals surface area (Å²) >= 11 is 0. The van der Waals surface area contributed by atoms with Crippen molar-refractivity contribution in [2.45, 2.75) is 44.8 Å². The number of carbonyl (C=O) groups is 1. The van der Waals surface area contributed by atoms with Gasteiger partial charge in [0, 0.05) is 19.0 Å². The average Bonchev–Trinajstić information content (AvgIpc) is 2.48.